The highest BCUT2D eigenvalue weighted by Crippen LogP contribution is 2.41. The van der Waals surface area contributed by atoms with E-state index >= 15 is 0 Å². The van der Waals surface area contributed by atoms with E-state index in [0.717, 1.165) is 5.56 Å². The summed E-state index contributed by atoms with van der Waals surface area (Å²) < 4.78 is 13.3. The van der Waals surface area contributed by atoms with Gasteiger partial charge in [0.05, 0.1) is 22.7 Å². The normalized spacial score (nSPS) is 11.3. The summed E-state index contributed by atoms with van der Waals surface area (Å²) in [6.45, 7) is -0.219. The molecule has 1 amide bonds. The summed E-state index contributed by atoms with van der Waals surface area (Å²) in [6.07, 6.45) is 1.55. The van der Waals surface area contributed by atoms with Gasteiger partial charge in [-0.25, -0.2) is 4.79 Å². The fourth-order valence-electron chi connectivity index (χ4n) is 4.26. The Morgan fingerprint density at radius 2 is 1.83 bits per heavy atom. The zero-order chi connectivity index (χ0) is 24.7. The van der Waals surface area contributed by atoms with Gasteiger partial charge < -0.3 is 24.6 Å². The zero-order valence-electron chi connectivity index (χ0n) is 18.1. The summed E-state index contributed by atoms with van der Waals surface area (Å²) >= 11 is 12.6. The number of carbonyl (C=O) groups excluding carboxylic acids is 1. The van der Waals surface area contributed by atoms with Crippen LogP contribution in [-0.4, -0.2) is 28.2 Å². The van der Waals surface area contributed by atoms with Crippen LogP contribution in [0.5, 0.6) is 5.75 Å². The lowest BCUT2D eigenvalue weighted by molar-refractivity contribution is -0.139. The van der Waals surface area contributed by atoms with Crippen LogP contribution in [-0.2, 0) is 11.3 Å². The van der Waals surface area contributed by atoms with Crippen LogP contribution in [0.1, 0.15) is 15.9 Å². The highest BCUT2D eigenvalue weighted by molar-refractivity contribution is 6.35. The van der Waals surface area contributed by atoms with Crippen molar-refractivity contribution in [3.63, 3.8) is 0 Å². The van der Waals surface area contributed by atoms with E-state index in [2.05, 4.69) is 0 Å². The molecule has 0 atom stereocenters. The fourth-order valence-corrected chi connectivity index (χ4v) is 4.73. The summed E-state index contributed by atoms with van der Waals surface area (Å²) in [5, 5.41) is 11.4. The van der Waals surface area contributed by atoms with E-state index in [1.165, 1.54) is 0 Å². The number of carboxylic acid groups (broad SMARTS) is 1. The van der Waals surface area contributed by atoms with Gasteiger partial charge in [-0.1, -0.05) is 35.3 Å². The van der Waals surface area contributed by atoms with Crippen molar-refractivity contribution >= 4 is 56.9 Å². The van der Waals surface area contributed by atoms with Gasteiger partial charge in [0.15, 0.2) is 6.61 Å². The number of rotatable bonds is 7. The number of nitrogens with two attached hydrogens (primary N) is 1. The lowest BCUT2D eigenvalue weighted by atomic mass is 10.0. The molecule has 2 aromatic heterocycles. The van der Waals surface area contributed by atoms with Crippen molar-refractivity contribution in [1.82, 2.24) is 4.57 Å². The Bertz CT molecular complexity index is 1610. The molecule has 5 aromatic rings. The van der Waals surface area contributed by atoms with E-state index in [9.17, 15) is 14.7 Å². The van der Waals surface area contributed by atoms with Crippen LogP contribution in [0.3, 0.4) is 0 Å². The zero-order valence-corrected chi connectivity index (χ0v) is 19.6. The topological polar surface area (TPSA) is 108 Å². The molecule has 0 saturated carbocycles. The lowest BCUT2D eigenvalue weighted by Gasteiger charge is -2.12. The molecule has 0 bridgehead atoms. The van der Waals surface area contributed by atoms with E-state index in [-0.39, 0.29) is 5.75 Å². The smallest absolute Gasteiger partial charge is 0.341 e. The molecule has 3 aromatic carbocycles. The molecule has 176 valence electrons. The Balaban J connectivity index is 1.87. The number of benzene rings is 3. The second-order valence-corrected chi connectivity index (χ2v) is 8.76. The monoisotopic (exact) mass is 508 g/mol. The summed E-state index contributed by atoms with van der Waals surface area (Å²) in [5.41, 5.74) is 8.88. The van der Waals surface area contributed by atoms with Crippen LogP contribution in [0.15, 0.2) is 71.3 Å². The third-order valence-corrected chi connectivity index (χ3v) is 6.31. The number of carbonyl (C=O) groups is 2. The average molecular weight is 509 g/mol. The number of carboxylic acids is 1. The Labute approximate surface area is 209 Å². The number of furan rings is 1. The van der Waals surface area contributed by atoms with Crippen molar-refractivity contribution in [2.45, 2.75) is 6.54 Å². The number of hydrogen-bond donors (Lipinski definition) is 2. The van der Waals surface area contributed by atoms with Gasteiger partial charge in [-0.05, 0) is 54.1 Å². The molecular formula is C26H18Cl2N2O5. The Kier molecular flexibility index (Phi) is 5.88. The van der Waals surface area contributed by atoms with Gasteiger partial charge >= 0.3 is 5.97 Å². The van der Waals surface area contributed by atoms with Gasteiger partial charge in [0.25, 0.3) is 0 Å². The number of primary amides is 1. The van der Waals surface area contributed by atoms with Gasteiger partial charge in [-0.2, -0.15) is 0 Å². The average Bonchev–Trinajstić information content (AvgIpc) is 3.46. The third-order valence-electron chi connectivity index (χ3n) is 5.72. The minimum absolute atomic E-state index is 0.288. The third kappa shape index (κ3) is 4.20. The van der Waals surface area contributed by atoms with E-state index in [4.69, 9.17) is 38.1 Å². The molecule has 0 fully saturated rings. The van der Waals surface area contributed by atoms with E-state index < -0.39 is 18.5 Å². The molecule has 9 heteroatoms. The van der Waals surface area contributed by atoms with E-state index in [1.807, 2.05) is 22.8 Å². The largest absolute Gasteiger partial charge is 0.481 e. The first kappa shape index (κ1) is 22.8. The number of hydrogen-bond acceptors (Lipinski definition) is 4. The molecule has 0 aliphatic rings. The summed E-state index contributed by atoms with van der Waals surface area (Å²) in [7, 11) is 0. The maximum Gasteiger partial charge on any atom is 0.341 e. The molecule has 0 radical (unpaired) electrons. The fraction of sp³-hybridized carbons (Fsp3) is 0.0769. The second-order valence-electron chi connectivity index (χ2n) is 7.91. The number of aliphatic carboxylic acids is 1. The second kappa shape index (κ2) is 9.02. The number of aromatic nitrogens is 1. The Morgan fingerprint density at radius 1 is 1.00 bits per heavy atom. The number of ether oxygens (including phenoxy) is 1. The van der Waals surface area contributed by atoms with Crippen LogP contribution < -0.4 is 10.5 Å². The molecule has 0 aliphatic heterocycles. The molecule has 35 heavy (non-hydrogen) atoms. The van der Waals surface area contributed by atoms with Gasteiger partial charge in [-0.3, -0.25) is 4.79 Å². The first-order valence-corrected chi connectivity index (χ1v) is 11.3. The first-order chi connectivity index (χ1) is 16.8. The standard InChI is InChI=1S/C26H18Cl2N2O5/c27-16-7-6-14(18(28)11-16)12-30-19-4-1-3-17(26(29)33)24(19)25-20(30)9-15(21-5-2-8-34-21)10-22(25)35-13-23(31)32/h1-11H,12-13H2,(H2,29,33)(H,31,32). The molecular weight excluding hydrogens is 491 g/mol. The maximum atomic E-state index is 12.4. The number of halogens is 2. The molecule has 5 rings (SSSR count). The molecule has 0 aliphatic carbocycles. The van der Waals surface area contributed by atoms with Crippen LogP contribution >= 0.6 is 23.2 Å². The summed E-state index contributed by atoms with van der Waals surface area (Å²) in [6, 6.07) is 17.6. The van der Waals surface area contributed by atoms with Gasteiger partial charge in [-0.15, -0.1) is 0 Å². The van der Waals surface area contributed by atoms with Crippen LogP contribution in [0, 0.1) is 0 Å². The minimum atomic E-state index is -1.13. The lowest BCUT2D eigenvalue weighted by Crippen LogP contribution is -2.11. The SMILES string of the molecule is NC(=O)c1cccc2c1c1c(OCC(=O)O)cc(-c3ccco3)cc1n2Cc1ccc(Cl)cc1Cl. The van der Waals surface area contributed by atoms with Gasteiger partial charge in [0.2, 0.25) is 5.91 Å². The summed E-state index contributed by atoms with van der Waals surface area (Å²) in [5.74, 6) is -0.883. The Morgan fingerprint density at radius 3 is 2.51 bits per heavy atom. The van der Waals surface area contributed by atoms with E-state index in [0.29, 0.717) is 55.3 Å². The van der Waals surface area contributed by atoms with Crippen LogP contribution in [0.4, 0.5) is 0 Å². The predicted octanol–water partition coefficient (Wildman–Crippen LogP) is 5.97. The van der Waals surface area contributed by atoms with Gasteiger partial charge in [0.1, 0.15) is 11.5 Å². The number of nitrogens with zero attached hydrogens (tertiary/aromatic N) is 1. The highest BCUT2D eigenvalue weighted by Gasteiger charge is 2.22. The molecule has 0 spiro atoms. The molecule has 3 N–H and O–H groups in total. The van der Waals surface area contributed by atoms with Crippen LogP contribution in [0.25, 0.3) is 33.1 Å². The van der Waals surface area contributed by atoms with Crippen molar-refractivity contribution in [3.8, 4) is 17.1 Å². The molecule has 0 saturated heterocycles. The number of fused-ring (bicyclic) bond motifs is 3. The van der Waals surface area contributed by atoms with Crippen molar-refractivity contribution in [2.24, 2.45) is 5.73 Å². The molecule has 7 nitrogen and oxygen atoms in total. The Hall–Kier alpha value is -3.94. The van der Waals surface area contributed by atoms with Crippen molar-refractivity contribution < 1.29 is 23.8 Å². The van der Waals surface area contributed by atoms with Crippen molar-refractivity contribution in [1.29, 1.82) is 0 Å². The summed E-state index contributed by atoms with van der Waals surface area (Å²) in [4.78, 5) is 23.7. The first-order valence-electron chi connectivity index (χ1n) is 10.5. The predicted molar refractivity (Wildman–Crippen MR) is 134 cm³/mol. The number of amides is 1. The van der Waals surface area contributed by atoms with Gasteiger partial charge in [0, 0.05) is 33.1 Å². The van der Waals surface area contributed by atoms with E-state index in [1.54, 1.807) is 48.7 Å². The maximum absolute atomic E-state index is 12.4. The quantitative estimate of drug-likeness (QED) is 0.281. The molecule has 2 heterocycles. The van der Waals surface area contributed by atoms with Crippen molar-refractivity contribution in [3.05, 3.63) is 88.1 Å². The molecule has 0 unspecified atom stereocenters. The van der Waals surface area contributed by atoms with Crippen LogP contribution in [0.2, 0.25) is 10.0 Å². The highest BCUT2D eigenvalue weighted by atomic mass is 35.5. The van der Waals surface area contributed by atoms with Crippen molar-refractivity contribution in [2.75, 3.05) is 6.61 Å². The minimum Gasteiger partial charge on any atom is -0.481 e.